The number of nitrogens with zero attached hydrogens (tertiary/aromatic N) is 2. The van der Waals surface area contributed by atoms with Crippen molar-refractivity contribution in [1.29, 1.82) is 5.53 Å². The Morgan fingerprint density at radius 1 is 1.41 bits per heavy atom. The average molecular weight is 256 g/mol. The molecule has 0 saturated carbocycles. The van der Waals surface area contributed by atoms with Gasteiger partial charge in [-0.25, -0.2) is 14.3 Å². The predicted molar refractivity (Wildman–Crippen MR) is 56.4 cm³/mol. The van der Waals surface area contributed by atoms with Gasteiger partial charge in [0.15, 0.2) is 0 Å². The zero-order chi connectivity index (χ0) is 13.3. The van der Waals surface area contributed by atoms with Crippen molar-refractivity contribution < 1.29 is 17.6 Å². The summed E-state index contributed by atoms with van der Waals surface area (Å²) in [5.74, 6) is -4.07. The molecule has 0 aromatic carbocycles. The maximum Gasteiger partial charge on any atom is 0.326 e. The van der Waals surface area contributed by atoms with Crippen molar-refractivity contribution in [1.82, 2.24) is 5.32 Å². The number of nitrogens with one attached hydrogen (secondary N) is 2. The van der Waals surface area contributed by atoms with Crippen molar-refractivity contribution >= 4 is 5.71 Å². The van der Waals surface area contributed by atoms with Gasteiger partial charge in [0.25, 0.3) is 0 Å². The third-order valence-electron chi connectivity index (χ3n) is 1.97. The van der Waals surface area contributed by atoms with Crippen molar-refractivity contribution in [3.05, 3.63) is 0 Å². The molecule has 100 valence electrons. The van der Waals surface area contributed by atoms with Gasteiger partial charge in [-0.1, -0.05) is 6.92 Å². The molecule has 2 N–H and O–H groups in total. The van der Waals surface area contributed by atoms with Gasteiger partial charge in [-0.15, -0.1) is 0 Å². The summed E-state index contributed by atoms with van der Waals surface area (Å²) < 4.78 is 48.8. The smallest absolute Gasteiger partial charge is 0.310 e. The first-order valence-corrected chi connectivity index (χ1v) is 5.16. The summed E-state index contributed by atoms with van der Waals surface area (Å²) in [5, 5.41) is 5.92. The topological polar surface area (TPSA) is 60.6 Å². The van der Waals surface area contributed by atoms with E-state index >= 15 is 0 Å². The van der Waals surface area contributed by atoms with Gasteiger partial charge in [-0.05, 0) is 6.42 Å². The van der Waals surface area contributed by atoms with Crippen LogP contribution in [0.4, 0.5) is 17.6 Å². The Hall–Kier alpha value is -1.05. The highest BCUT2D eigenvalue weighted by Crippen LogP contribution is 2.22. The van der Waals surface area contributed by atoms with E-state index in [4.69, 9.17) is 5.53 Å². The molecule has 0 radical (unpaired) electrons. The van der Waals surface area contributed by atoms with Gasteiger partial charge in [-0.2, -0.15) is 13.9 Å². The third-order valence-corrected chi connectivity index (χ3v) is 1.97. The molecule has 0 rings (SSSR count). The lowest BCUT2D eigenvalue weighted by molar-refractivity contribution is -0.119. The molecule has 0 aromatic rings. The van der Waals surface area contributed by atoms with Crippen LogP contribution in [-0.2, 0) is 0 Å². The van der Waals surface area contributed by atoms with Gasteiger partial charge in [0.05, 0.1) is 6.54 Å². The van der Waals surface area contributed by atoms with E-state index in [0.717, 1.165) is 0 Å². The maximum atomic E-state index is 12.6. The quantitative estimate of drug-likeness (QED) is 0.283. The molecule has 0 aromatic heterocycles. The molecule has 0 aliphatic heterocycles. The Bertz CT molecular complexity index is 255. The molecule has 8 heteroatoms. The fourth-order valence-corrected chi connectivity index (χ4v) is 0.947. The average Bonchev–Trinajstić information content (AvgIpc) is 2.28. The van der Waals surface area contributed by atoms with E-state index in [2.05, 4.69) is 15.4 Å². The first kappa shape index (κ1) is 16.0. The van der Waals surface area contributed by atoms with E-state index in [1.807, 2.05) is 0 Å². The Morgan fingerprint density at radius 2 is 2.06 bits per heavy atom. The molecule has 0 aliphatic carbocycles. The van der Waals surface area contributed by atoms with Crippen LogP contribution in [0.5, 0.6) is 0 Å². The van der Waals surface area contributed by atoms with E-state index in [1.54, 1.807) is 6.92 Å². The van der Waals surface area contributed by atoms with Crippen LogP contribution in [-0.4, -0.2) is 44.2 Å². The van der Waals surface area contributed by atoms with Crippen LogP contribution in [0.15, 0.2) is 10.1 Å². The van der Waals surface area contributed by atoms with Crippen LogP contribution >= 0.6 is 0 Å². The van der Waals surface area contributed by atoms with Crippen LogP contribution in [0.1, 0.15) is 13.3 Å². The zero-order valence-electron chi connectivity index (χ0n) is 9.52. The highest BCUT2D eigenvalue weighted by molar-refractivity contribution is 5.86. The Labute approximate surface area is 97.0 Å². The lowest BCUT2D eigenvalue weighted by Gasteiger charge is -2.13. The van der Waals surface area contributed by atoms with Crippen LogP contribution in [0.2, 0.25) is 0 Å². The second-order valence-corrected chi connectivity index (χ2v) is 3.36. The molecule has 0 amide bonds. The Balaban J connectivity index is 4.12. The fourth-order valence-electron chi connectivity index (χ4n) is 0.947. The standard InChI is InChI=1S/C9H16F4N4/c1-2-7(5-15-3-4-17-14)16-6-9(12,13)8(10)11/h8,14-15H,2-6H2,1H3. The van der Waals surface area contributed by atoms with Crippen LogP contribution in [0.25, 0.3) is 0 Å². The highest BCUT2D eigenvalue weighted by atomic mass is 19.3. The van der Waals surface area contributed by atoms with Gasteiger partial charge in [0, 0.05) is 18.8 Å². The molecule has 17 heavy (non-hydrogen) atoms. The highest BCUT2D eigenvalue weighted by Gasteiger charge is 2.40. The molecular weight excluding hydrogens is 240 g/mol. The molecule has 4 nitrogen and oxygen atoms in total. The van der Waals surface area contributed by atoms with E-state index < -0.39 is 18.9 Å². The number of halogens is 4. The molecule has 0 saturated heterocycles. The molecule has 0 bridgehead atoms. The Morgan fingerprint density at radius 3 is 2.53 bits per heavy atom. The molecule has 0 atom stereocenters. The van der Waals surface area contributed by atoms with Gasteiger partial charge < -0.3 is 5.32 Å². The minimum absolute atomic E-state index is 0.241. The maximum absolute atomic E-state index is 12.6. The number of rotatable bonds is 9. The van der Waals surface area contributed by atoms with Crippen molar-refractivity contribution in [3.63, 3.8) is 0 Å². The van der Waals surface area contributed by atoms with E-state index in [0.29, 0.717) is 18.7 Å². The summed E-state index contributed by atoms with van der Waals surface area (Å²) in [6.45, 7) is 1.46. The summed E-state index contributed by atoms with van der Waals surface area (Å²) in [7, 11) is 0. The predicted octanol–water partition coefficient (Wildman–Crippen LogP) is 2.36. The van der Waals surface area contributed by atoms with Crippen molar-refractivity contribution in [2.24, 2.45) is 10.1 Å². The van der Waals surface area contributed by atoms with E-state index in [-0.39, 0.29) is 13.1 Å². The normalized spacial score (nSPS) is 13.2. The molecule has 0 fully saturated rings. The van der Waals surface area contributed by atoms with E-state index in [1.165, 1.54) is 0 Å². The summed E-state index contributed by atoms with van der Waals surface area (Å²) in [4.78, 5) is 3.48. The monoisotopic (exact) mass is 256 g/mol. The number of hydrogen-bond donors (Lipinski definition) is 2. The van der Waals surface area contributed by atoms with Crippen LogP contribution in [0, 0.1) is 5.53 Å². The zero-order valence-corrected chi connectivity index (χ0v) is 9.52. The van der Waals surface area contributed by atoms with Gasteiger partial charge in [0.2, 0.25) is 0 Å². The SMILES string of the molecule is CCC(CNCCN=N)=NCC(F)(F)C(F)F. The molecule has 0 spiro atoms. The fraction of sp³-hybridized carbons (Fsp3) is 0.889. The lowest BCUT2D eigenvalue weighted by atomic mass is 10.2. The summed E-state index contributed by atoms with van der Waals surface area (Å²) in [6.07, 6.45) is -3.29. The second-order valence-electron chi connectivity index (χ2n) is 3.36. The first-order chi connectivity index (χ1) is 7.94. The summed E-state index contributed by atoms with van der Waals surface area (Å²) in [6, 6.07) is 0. The van der Waals surface area contributed by atoms with Crippen molar-refractivity contribution in [3.8, 4) is 0 Å². The third kappa shape index (κ3) is 6.98. The number of aliphatic imine (C=N–C) groups is 1. The summed E-state index contributed by atoms with van der Waals surface area (Å²) in [5.41, 5.74) is 6.91. The van der Waals surface area contributed by atoms with Gasteiger partial charge >= 0.3 is 12.3 Å². The number of alkyl halides is 4. The van der Waals surface area contributed by atoms with Crippen molar-refractivity contribution in [2.75, 3.05) is 26.2 Å². The number of hydrogen-bond acceptors (Lipinski definition) is 4. The van der Waals surface area contributed by atoms with Crippen molar-refractivity contribution in [2.45, 2.75) is 25.7 Å². The first-order valence-electron chi connectivity index (χ1n) is 5.16. The van der Waals surface area contributed by atoms with E-state index in [9.17, 15) is 17.6 Å². The molecule has 0 unspecified atom stereocenters. The van der Waals surface area contributed by atoms with Crippen LogP contribution < -0.4 is 5.32 Å². The molecular formula is C9H16F4N4. The molecule has 0 heterocycles. The van der Waals surface area contributed by atoms with Crippen LogP contribution in [0.3, 0.4) is 0 Å². The Kier molecular flexibility index (Phi) is 7.60. The minimum atomic E-state index is -4.07. The molecule has 0 aliphatic rings. The van der Waals surface area contributed by atoms with Gasteiger partial charge in [-0.3, -0.25) is 4.99 Å². The lowest BCUT2D eigenvalue weighted by Crippen LogP contribution is -2.32. The van der Waals surface area contributed by atoms with Gasteiger partial charge in [0.1, 0.15) is 6.54 Å². The second kappa shape index (κ2) is 8.10. The minimum Gasteiger partial charge on any atom is -0.310 e. The largest absolute Gasteiger partial charge is 0.326 e. The summed E-state index contributed by atoms with van der Waals surface area (Å²) >= 11 is 0.